The van der Waals surface area contributed by atoms with E-state index in [1.807, 2.05) is 7.05 Å². The van der Waals surface area contributed by atoms with Crippen LogP contribution < -0.4 is 5.32 Å². The quantitative estimate of drug-likeness (QED) is 0.909. The van der Waals surface area contributed by atoms with Crippen molar-refractivity contribution in [3.8, 4) is 0 Å². The Balaban J connectivity index is 2.06. The third-order valence-electron chi connectivity index (χ3n) is 4.63. The second-order valence-corrected chi connectivity index (χ2v) is 5.68. The van der Waals surface area contributed by atoms with E-state index in [0.29, 0.717) is 0 Å². The van der Waals surface area contributed by atoms with Gasteiger partial charge in [0.05, 0.1) is 0 Å². The van der Waals surface area contributed by atoms with Gasteiger partial charge in [0.2, 0.25) is 0 Å². The molecular weight excluding hydrogens is 238 g/mol. The molecule has 0 saturated heterocycles. The van der Waals surface area contributed by atoms with E-state index in [9.17, 15) is 0 Å². The third-order valence-corrected chi connectivity index (χ3v) is 4.63. The minimum atomic E-state index is -0.238. The number of rotatable bonds is 3. The van der Waals surface area contributed by atoms with Crippen LogP contribution in [0.15, 0.2) is 0 Å². The number of ether oxygens (including phenoxy) is 1. The molecule has 1 aromatic heterocycles. The molecular formula is C15H23N3O. The lowest BCUT2D eigenvalue weighted by Gasteiger charge is -2.28. The Hall–Kier alpha value is -1.16. The molecule has 0 radical (unpaired) electrons. The topological polar surface area (TPSA) is 47.0 Å². The number of nitrogens with zero attached hydrogens (tertiary/aromatic N) is 2. The fourth-order valence-electron chi connectivity index (χ4n) is 3.47. The summed E-state index contributed by atoms with van der Waals surface area (Å²) in [5, 5.41) is 3.25. The molecule has 0 aliphatic heterocycles. The summed E-state index contributed by atoms with van der Waals surface area (Å²) in [6, 6.07) is 0. The first kappa shape index (κ1) is 12.9. The summed E-state index contributed by atoms with van der Waals surface area (Å²) >= 11 is 0. The van der Waals surface area contributed by atoms with Crippen molar-refractivity contribution in [2.45, 2.75) is 57.0 Å². The van der Waals surface area contributed by atoms with Gasteiger partial charge in [-0.2, -0.15) is 0 Å². The Morgan fingerprint density at radius 1 is 1.05 bits per heavy atom. The van der Waals surface area contributed by atoms with E-state index in [0.717, 1.165) is 37.3 Å². The first-order valence-corrected chi connectivity index (χ1v) is 7.42. The highest BCUT2D eigenvalue weighted by molar-refractivity contribution is 5.47. The first-order chi connectivity index (χ1) is 9.29. The largest absolute Gasteiger partial charge is 0.373 e. The van der Waals surface area contributed by atoms with Crippen molar-refractivity contribution in [1.29, 1.82) is 0 Å². The summed E-state index contributed by atoms with van der Waals surface area (Å²) in [7, 11) is 3.75. The molecule has 2 aliphatic carbocycles. The molecule has 1 saturated carbocycles. The predicted molar refractivity (Wildman–Crippen MR) is 75.4 cm³/mol. The molecule has 104 valence electrons. The minimum absolute atomic E-state index is 0.238. The molecule has 2 aliphatic rings. The minimum Gasteiger partial charge on any atom is -0.373 e. The molecule has 0 unspecified atom stereocenters. The summed E-state index contributed by atoms with van der Waals surface area (Å²) in [5.74, 6) is 1.92. The maximum Gasteiger partial charge on any atom is 0.162 e. The van der Waals surface area contributed by atoms with Gasteiger partial charge in [0.1, 0.15) is 11.4 Å². The Morgan fingerprint density at radius 2 is 1.79 bits per heavy atom. The van der Waals surface area contributed by atoms with Crippen LogP contribution in [0.5, 0.6) is 0 Å². The molecule has 1 N–H and O–H groups in total. The number of methoxy groups -OCH3 is 1. The molecule has 0 aromatic carbocycles. The van der Waals surface area contributed by atoms with Gasteiger partial charge in [0, 0.05) is 25.4 Å². The molecule has 1 aromatic rings. The van der Waals surface area contributed by atoms with Crippen LogP contribution in [0.3, 0.4) is 0 Å². The van der Waals surface area contributed by atoms with Gasteiger partial charge in [-0.15, -0.1) is 0 Å². The van der Waals surface area contributed by atoms with Gasteiger partial charge >= 0.3 is 0 Å². The molecule has 4 nitrogen and oxygen atoms in total. The van der Waals surface area contributed by atoms with Crippen LogP contribution in [0.4, 0.5) is 5.82 Å². The van der Waals surface area contributed by atoms with Crippen molar-refractivity contribution in [1.82, 2.24) is 9.97 Å². The molecule has 0 atom stereocenters. The van der Waals surface area contributed by atoms with E-state index in [2.05, 4.69) is 5.32 Å². The second-order valence-electron chi connectivity index (χ2n) is 5.68. The van der Waals surface area contributed by atoms with Crippen molar-refractivity contribution in [2.75, 3.05) is 19.5 Å². The van der Waals surface area contributed by atoms with E-state index < -0.39 is 0 Å². The number of aromatic nitrogens is 2. The molecule has 3 rings (SSSR count). The van der Waals surface area contributed by atoms with Crippen molar-refractivity contribution in [3.63, 3.8) is 0 Å². The average molecular weight is 261 g/mol. The van der Waals surface area contributed by atoms with E-state index in [1.54, 1.807) is 7.11 Å². The number of fused-ring (bicyclic) bond motifs is 1. The fourth-order valence-corrected chi connectivity index (χ4v) is 3.47. The standard InChI is InChI=1S/C15H23N3O/c1-16-13-11-7-3-4-8-12(11)17-14(18-13)15(19-2)9-5-6-10-15/h3-10H2,1-2H3,(H,16,17,18). The Morgan fingerprint density at radius 3 is 2.47 bits per heavy atom. The first-order valence-electron chi connectivity index (χ1n) is 7.42. The number of hydrogen-bond acceptors (Lipinski definition) is 4. The summed E-state index contributed by atoms with van der Waals surface area (Å²) in [6.07, 6.45) is 9.20. The number of hydrogen-bond donors (Lipinski definition) is 1. The van der Waals surface area contributed by atoms with Crippen LogP contribution in [0.1, 0.15) is 55.6 Å². The maximum atomic E-state index is 5.82. The zero-order valence-electron chi connectivity index (χ0n) is 12.0. The van der Waals surface area contributed by atoms with Crippen LogP contribution in [0.2, 0.25) is 0 Å². The molecule has 1 fully saturated rings. The van der Waals surface area contributed by atoms with Crippen molar-refractivity contribution >= 4 is 5.82 Å². The zero-order chi connectivity index (χ0) is 13.3. The van der Waals surface area contributed by atoms with Crippen LogP contribution in [-0.2, 0) is 23.2 Å². The summed E-state index contributed by atoms with van der Waals surface area (Å²) < 4.78 is 5.82. The van der Waals surface area contributed by atoms with Crippen molar-refractivity contribution < 1.29 is 4.74 Å². The highest BCUT2D eigenvalue weighted by atomic mass is 16.5. The number of nitrogens with one attached hydrogen (secondary N) is 1. The zero-order valence-corrected chi connectivity index (χ0v) is 12.0. The van der Waals surface area contributed by atoms with Gasteiger partial charge in [-0.05, 0) is 51.4 Å². The van der Waals surface area contributed by atoms with Crippen molar-refractivity contribution in [2.24, 2.45) is 0 Å². The van der Waals surface area contributed by atoms with E-state index in [1.165, 1.54) is 36.9 Å². The Kier molecular flexibility index (Phi) is 3.44. The fraction of sp³-hybridized carbons (Fsp3) is 0.733. The van der Waals surface area contributed by atoms with Crippen LogP contribution in [0, 0.1) is 0 Å². The highest BCUT2D eigenvalue weighted by Crippen LogP contribution is 2.41. The van der Waals surface area contributed by atoms with Gasteiger partial charge in [0.25, 0.3) is 0 Å². The van der Waals surface area contributed by atoms with Gasteiger partial charge in [-0.3, -0.25) is 0 Å². The molecule has 0 spiro atoms. The van der Waals surface area contributed by atoms with Gasteiger partial charge < -0.3 is 10.1 Å². The smallest absolute Gasteiger partial charge is 0.162 e. The normalized spacial score (nSPS) is 21.2. The number of aryl methyl sites for hydroxylation is 1. The van der Waals surface area contributed by atoms with Crippen LogP contribution >= 0.6 is 0 Å². The van der Waals surface area contributed by atoms with Gasteiger partial charge in [-0.25, -0.2) is 9.97 Å². The summed E-state index contributed by atoms with van der Waals surface area (Å²) in [6.45, 7) is 0. The second kappa shape index (κ2) is 5.08. The molecule has 4 heteroatoms. The highest BCUT2D eigenvalue weighted by Gasteiger charge is 2.39. The monoisotopic (exact) mass is 261 g/mol. The van der Waals surface area contributed by atoms with E-state index >= 15 is 0 Å². The lowest BCUT2D eigenvalue weighted by Crippen LogP contribution is -2.29. The SMILES string of the molecule is CNc1nc(C2(OC)CCCC2)nc2c1CCCC2. The lowest BCUT2D eigenvalue weighted by molar-refractivity contribution is -0.0164. The molecule has 0 bridgehead atoms. The predicted octanol–water partition coefficient (Wildman–Crippen LogP) is 2.81. The maximum absolute atomic E-state index is 5.82. The Labute approximate surface area is 115 Å². The summed E-state index contributed by atoms with van der Waals surface area (Å²) in [5.41, 5.74) is 2.32. The molecule has 0 amide bonds. The van der Waals surface area contributed by atoms with Crippen LogP contribution in [-0.4, -0.2) is 24.1 Å². The third kappa shape index (κ3) is 2.12. The van der Waals surface area contributed by atoms with Gasteiger partial charge in [0.15, 0.2) is 5.82 Å². The summed E-state index contributed by atoms with van der Waals surface area (Å²) in [4.78, 5) is 9.65. The number of anilines is 1. The average Bonchev–Trinajstić information content (AvgIpc) is 2.96. The molecule has 1 heterocycles. The Bertz CT molecular complexity index is 449. The van der Waals surface area contributed by atoms with E-state index in [4.69, 9.17) is 14.7 Å². The van der Waals surface area contributed by atoms with Gasteiger partial charge in [-0.1, -0.05) is 0 Å². The van der Waals surface area contributed by atoms with Crippen molar-refractivity contribution in [3.05, 3.63) is 17.1 Å². The molecule has 19 heavy (non-hydrogen) atoms. The van der Waals surface area contributed by atoms with Crippen LogP contribution in [0.25, 0.3) is 0 Å². The lowest BCUT2D eigenvalue weighted by atomic mass is 9.94. The van der Waals surface area contributed by atoms with E-state index in [-0.39, 0.29) is 5.60 Å².